The fraction of sp³-hybridized carbons (Fsp3) is 0.357. The van der Waals surface area contributed by atoms with Gasteiger partial charge in [-0.2, -0.15) is 0 Å². The molecule has 0 saturated heterocycles. The number of hydrogen-bond donors (Lipinski definition) is 2. The Morgan fingerprint density at radius 2 is 2.20 bits per heavy atom. The first-order valence-corrected chi connectivity index (χ1v) is 7.24. The summed E-state index contributed by atoms with van der Waals surface area (Å²) in [6, 6.07) is 3.38. The molecule has 6 heteroatoms. The molecule has 0 fully saturated rings. The van der Waals surface area contributed by atoms with Crippen molar-refractivity contribution < 1.29 is 4.79 Å². The highest BCUT2D eigenvalue weighted by molar-refractivity contribution is 7.11. The van der Waals surface area contributed by atoms with Crippen molar-refractivity contribution in [2.24, 2.45) is 0 Å². The number of nitrogens with two attached hydrogens (primary N) is 1. The van der Waals surface area contributed by atoms with Crippen LogP contribution in [0.4, 0.5) is 5.82 Å². The highest BCUT2D eigenvalue weighted by atomic mass is 32.1. The molecule has 0 atom stereocenters. The topological polar surface area (TPSA) is 80.9 Å². The Labute approximate surface area is 122 Å². The lowest BCUT2D eigenvalue weighted by Gasteiger charge is -2.09. The van der Waals surface area contributed by atoms with Gasteiger partial charge in [0.05, 0.1) is 11.6 Å². The number of carbonyl (C=O) groups excluding carboxylic acids is 1. The van der Waals surface area contributed by atoms with E-state index >= 15 is 0 Å². The molecule has 0 unspecified atom stereocenters. The highest BCUT2D eigenvalue weighted by Gasteiger charge is 2.11. The number of nitrogens with zero attached hydrogens (tertiary/aromatic N) is 2. The summed E-state index contributed by atoms with van der Waals surface area (Å²) >= 11 is 1.57. The zero-order valence-corrected chi connectivity index (χ0v) is 12.6. The number of amides is 1. The summed E-state index contributed by atoms with van der Waals surface area (Å²) in [6.07, 6.45) is 1.78. The van der Waals surface area contributed by atoms with E-state index in [1.54, 1.807) is 29.7 Å². The smallest absolute Gasteiger partial charge is 0.251 e. The number of hydrogen-bond acceptors (Lipinski definition) is 5. The molecule has 0 aromatic carbocycles. The van der Waals surface area contributed by atoms with Gasteiger partial charge in [-0.05, 0) is 25.0 Å². The van der Waals surface area contributed by atoms with Crippen LogP contribution in [-0.2, 0) is 6.54 Å². The third kappa shape index (κ3) is 3.54. The van der Waals surface area contributed by atoms with Crippen LogP contribution in [0.1, 0.15) is 45.7 Å². The van der Waals surface area contributed by atoms with Crippen LogP contribution in [0.3, 0.4) is 0 Å². The van der Waals surface area contributed by atoms with Crippen LogP contribution in [0.25, 0.3) is 0 Å². The Hall–Kier alpha value is -1.95. The summed E-state index contributed by atoms with van der Waals surface area (Å²) in [4.78, 5) is 21.6. The number of anilines is 1. The Kier molecular flexibility index (Phi) is 4.34. The Bertz CT molecular complexity index is 621. The molecule has 0 saturated carbocycles. The molecule has 1 amide bonds. The maximum absolute atomic E-state index is 12.1. The van der Waals surface area contributed by atoms with E-state index < -0.39 is 0 Å². The molecule has 0 spiro atoms. The van der Waals surface area contributed by atoms with Gasteiger partial charge in [0.15, 0.2) is 0 Å². The Morgan fingerprint density at radius 1 is 1.45 bits per heavy atom. The predicted octanol–water partition coefficient (Wildman–Crippen LogP) is 2.48. The van der Waals surface area contributed by atoms with E-state index in [2.05, 4.69) is 15.3 Å². The summed E-state index contributed by atoms with van der Waals surface area (Å²) in [7, 11) is 0. The monoisotopic (exact) mass is 290 g/mol. The van der Waals surface area contributed by atoms with Gasteiger partial charge in [0.1, 0.15) is 5.82 Å². The first-order chi connectivity index (χ1) is 9.45. The predicted molar refractivity (Wildman–Crippen MR) is 80.8 cm³/mol. The molecule has 3 N–H and O–H groups in total. The van der Waals surface area contributed by atoms with Crippen LogP contribution in [0.5, 0.6) is 0 Å². The number of aryl methyl sites for hydroxylation is 1. The quantitative estimate of drug-likeness (QED) is 0.906. The Balaban J connectivity index is 2.09. The van der Waals surface area contributed by atoms with Crippen LogP contribution in [0.2, 0.25) is 0 Å². The second-order valence-corrected chi connectivity index (χ2v) is 6.21. The Morgan fingerprint density at radius 3 is 2.80 bits per heavy atom. The fourth-order valence-electron chi connectivity index (χ4n) is 1.76. The zero-order chi connectivity index (χ0) is 14.7. The third-order valence-corrected chi connectivity index (χ3v) is 3.72. The SMILES string of the molecule is Cc1ncc(CNC(=O)c2cc(N)nc(C(C)C)c2)s1. The van der Waals surface area contributed by atoms with Crippen molar-refractivity contribution in [3.05, 3.63) is 39.5 Å². The first-order valence-electron chi connectivity index (χ1n) is 6.42. The summed E-state index contributed by atoms with van der Waals surface area (Å²) in [5.41, 5.74) is 7.11. The number of nitrogen functional groups attached to an aromatic ring is 1. The summed E-state index contributed by atoms with van der Waals surface area (Å²) in [6.45, 7) is 6.45. The lowest BCUT2D eigenvalue weighted by atomic mass is 10.1. The number of thiazole rings is 1. The largest absolute Gasteiger partial charge is 0.384 e. The average Bonchev–Trinajstić information content (AvgIpc) is 2.81. The fourth-order valence-corrected chi connectivity index (χ4v) is 2.49. The summed E-state index contributed by atoms with van der Waals surface area (Å²) < 4.78 is 0. The molecule has 106 valence electrons. The molecule has 2 aromatic heterocycles. The molecule has 2 heterocycles. The van der Waals surface area contributed by atoms with E-state index in [0.717, 1.165) is 15.6 Å². The van der Waals surface area contributed by atoms with Crippen molar-refractivity contribution in [2.45, 2.75) is 33.2 Å². The van der Waals surface area contributed by atoms with Crippen LogP contribution in [-0.4, -0.2) is 15.9 Å². The third-order valence-electron chi connectivity index (χ3n) is 2.81. The number of rotatable bonds is 4. The van der Waals surface area contributed by atoms with Gasteiger partial charge in [0.25, 0.3) is 5.91 Å². The second kappa shape index (κ2) is 6.00. The number of aromatic nitrogens is 2. The molecule has 20 heavy (non-hydrogen) atoms. The van der Waals surface area contributed by atoms with Crippen LogP contribution >= 0.6 is 11.3 Å². The lowest BCUT2D eigenvalue weighted by Crippen LogP contribution is -2.23. The number of pyridine rings is 1. The molecule has 0 aliphatic heterocycles. The van der Waals surface area contributed by atoms with Crippen molar-refractivity contribution in [3.8, 4) is 0 Å². The van der Waals surface area contributed by atoms with Crippen LogP contribution in [0, 0.1) is 6.92 Å². The zero-order valence-electron chi connectivity index (χ0n) is 11.8. The standard InChI is InChI=1S/C14H18N4OS/c1-8(2)12-4-10(5-13(15)18-12)14(19)17-7-11-6-16-9(3)20-11/h4-6,8H,7H2,1-3H3,(H2,15,18)(H,17,19). The minimum Gasteiger partial charge on any atom is -0.384 e. The van der Waals surface area contributed by atoms with Gasteiger partial charge in [0.2, 0.25) is 0 Å². The maximum Gasteiger partial charge on any atom is 0.251 e. The lowest BCUT2D eigenvalue weighted by molar-refractivity contribution is 0.0951. The van der Waals surface area contributed by atoms with Crippen molar-refractivity contribution >= 4 is 23.1 Å². The van der Waals surface area contributed by atoms with E-state index in [9.17, 15) is 4.79 Å². The average molecular weight is 290 g/mol. The summed E-state index contributed by atoms with van der Waals surface area (Å²) in [5.74, 6) is 0.455. The van der Waals surface area contributed by atoms with Crippen molar-refractivity contribution in [2.75, 3.05) is 5.73 Å². The van der Waals surface area contributed by atoms with E-state index in [-0.39, 0.29) is 11.8 Å². The first kappa shape index (κ1) is 14.5. The minimum absolute atomic E-state index is 0.146. The van der Waals surface area contributed by atoms with Crippen LogP contribution < -0.4 is 11.1 Å². The van der Waals surface area contributed by atoms with Crippen molar-refractivity contribution in [3.63, 3.8) is 0 Å². The van der Waals surface area contributed by atoms with Crippen LogP contribution in [0.15, 0.2) is 18.3 Å². The molecule has 0 radical (unpaired) electrons. The molecule has 5 nitrogen and oxygen atoms in total. The van der Waals surface area contributed by atoms with E-state index in [1.807, 2.05) is 20.8 Å². The maximum atomic E-state index is 12.1. The molecular weight excluding hydrogens is 272 g/mol. The van der Waals surface area contributed by atoms with Gasteiger partial charge in [-0.3, -0.25) is 4.79 Å². The number of nitrogens with one attached hydrogen (secondary N) is 1. The minimum atomic E-state index is -0.146. The second-order valence-electron chi connectivity index (χ2n) is 4.89. The normalized spacial score (nSPS) is 10.8. The van der Waals surface area contributed by atoms with E-state index in [1.165, 1.54) is 0 Å². The molecule has 0 aliphatic rings. The van der Waals surface area contributed by atoms with Gasteiger partial charge in [-0.15, -0.1) is 11.3 Å². The molecule has 0 bridgehead atoms. The molecule has 2 rings (SSSR count). The van der Waals surface area contributed by atoms with Crippen molar-refractivity contribution in [1.29, 1.82) is 0 Å². The van der Waals surface area contributed by atoms with E-state index in [4.69, 9.17) is 5.73 Å². The summed E-state index contributed by atoms with van der Waals surface area (Å²) in [5, 5.41) is 3.86. The highest BCUT2D eigenvalue weighted by Crippen LogP contribution is 2.16. The van der Waals surface area contributed by atoms with Gasteiger partial charge in [0, 0.05) is 22.3 Å². The van der Waals surface area contributed by atoms with Gasteiger partial charge >= 0.3 is 0 Å². The van der Waals surface area contributed by atoms with Gasteiger partial charge < -0.3 is 11.1 Å². The van der Waals surface area contributed by atoms with E-state index in [0.29, 0.717) is 17.9 Å². The molecule has 0 aliphatic carbocycles. The molecular formula is C14H18N4OS. The van der Waals surface area contributed by atoms with Crippen molar-refractivity contribution in [1.82, 2.24) is 15.3 Å². The molecule has 2 aromatic rings. The van der Waals surface area contributed by atoms with Gasteiger partial charge in [-0.1, -0.05) is 13.8 Å². The van der Waals surface area contributed by atoms with Gasteiger partial charge in [-0.25, -0.2) is 9.97 Å². The number of carbonyl (C=O) groups is 1.